The number of nitrogens with zero attached hydrogens (tertiary/aromatic N) is 2. The highest BCUT2D eigenvalue weighted by molar-refractivity contribution is 6.33. The molecule has 19 heavy (non-hydrogen) atoms. The van der Waals surface area contributed by atoms with E-state index in [-0.39, 0.29) is 5.28 Å². The van der Waals surface area contributed by atoms with Crippen LogP contribution in [0.1, 0.15) is 5.56 Å². The topological polar surface area (TPSA) is 66.9 Å². The summed E-state index contributed by atoms with van der Waals surface area (Å²) in [4.78, 5) is 19.3. The standard InChI is InChI=1S/C12H10Cl2N4O/c1-7-2-3-9(13)10(4-7)18-12(19)17-8-5-15-11(14)16-6-8/h2-6H,1H3,(H2,17,18,19). The second-order valence-electron chi connectivity index (χ2n) is 3.80. The number of amides is 2. The number of nitrogens with one attached hydrogen (secondary N) is 2. The molecule has 0 saturated carbocycles. The molecule has 0 bridgehead atoms. The Morgan fingerprint density at radius 1 is 1.16 bits per heavy atom. The lowest BCUT2D eigenvalue weighted by molar-refractivity contribution is 0.262. The summed E-state index contributed by atoms with van der Waals surface area (Å²) >= 11 is 11.5. The van der Waals surface area contributed by atoms with E-state index in [0.29, 0.717) is 16.4 Å². The van der Waals surface area contributed by atoms with Gasteiger partial charge in [-0.2, -0.15) is 0 Å². The van der Waals surface area contributed by atoms with Crippen molar-refractivity contribution in [1.29, 1.82) is 0 Å². The first-order valence-electron chi connectivity index (χ1n) is 5.36. The second-order valence-corrected chi connectivity index (χ2v) is 4.55. The molecule has 0 unspecified atom stereocenters. The predicted molar refractivity (Wildman–Crippen MR) is 75.9 cm³/mol. The molecule has 0 aliphatic rings. The largest absolute Gasteiger partial charge is 0.323 e. The first-order chi connectivity index (χ1) is 9.04. The van der Waals surface area contributed by atoms with Gasteiger partial charge in [-0.15, -0.1) is 0 Å². The van der Waals surface area contributed by atoms with Crippen LogP contribution in [0.3, 0.4) is 0 Å². The van der Waals surface area contributed by atoms with Crippen molar-refractivity contribution >= 4 is 40.6 Å². The molecular weight excluding hydrogens is 287 g/mol. The lowest BCUT2D eigenvalue weighted by atomic mass is 10.2. The van der Waals surface area contributed by atoms with E-state index in [9.17, 15) is 4.79 Å². The Kier molecular flexibility index (Phi) is 4.19. The Balaban J connectivity index is 2.05. The zero-order valence-electron chi connectivity index (χ0n) is 9.95. The molecule has 5 nitrogen and oxygen atoms in total. The number of hydrogen-bond acceptors (Lipinski definition) is 3. The van der Waals surface area contributed by atoms with Gasteiger partial charge in [0.15, 0.2) is 0 Å². The first kappa shape index (κ1) is 13.6. The molecule has 0 atom stereocenters. The molecule has 0 aliphatic heterocycles. The molecule has 2 N–H and O–H groups in total. The fraction of sp³-hybridized carbons (Fsp3) is 0.0833. The summed E-state index contributed by atoms with van der Waals surface area (Å²) in [6.45, 7) is 1.91. The molecule has 0 fully saturated rings. The van der Waals surface area contributed by atoms with Crippen LogP contribution in [-0.2, 0) is 0 Å². The molecule has 0 spiro atoms. The van der Waals surface area contributed by atoms with E-state index < -0.39 is 6.03 Å². The summed E-state index contributed by atoms with van der Waals surface area (Å²) in [6.07, 6.45) is 2.82. The van der Waals surface area contributed by atoms with Gasteiger partial charge in [0.25, 0.3) is 0 Å². The van der Waals surface area contributed by atoms with Crippen molar-refractivity contribution < 1.29 is 4.79 Å². The minimum absolute atomic E-state index is 0.118. The lowest BCUT2D eigenvalue weighted by Gasteiger charge is -2.09. The molecule has 98 valence electrons. The minimum atomic E-state index is -0.432. The van der Waals surface area contributed by atoms with E-state index in [1.807, 2.05) is 13.0 Å². The summed E-state index contributed by atoms with van der Waals surface area (Å²) in [5.74, 6) is 0. The van der Waals surface area contributed by atoms with Gasteiger partial charge >= 0.3 is 6.03 Å². The SMILES string of the molecule is Cc1ccc(Cl)c(NC(=O)Nc2cnc(Cl)nc2)c1. The van der Waals surface area contributed by atoms with Crippen LogP contribution >= 0.6 is 23.2 Å². The molecule has 7 heteroatoms. The van der Waals surface area contributed by atoms with E-state index in [1.165, 1.54) is 12.4 Å². The number of rotatable bonds is 2. The van der Waals surface area contributed by atoms with Crippen LogP contribution in [0.4, 0.5) is 16.2 Å². The molecule has 0 radical (unpaired) electrons. The third kappa shape index (κ3) is 3.81. The maximum absolute atomic E-state index is 11.8. The van der Waals surface area contributed by atoms with E-state index in [1.54, 1.807) is 12.1 Å². The highest BCUT2D eigenvalue weighted by Crippen LogP contribution is 2.22. The summed E-state index contributed by atoms with van der Waals surface area (Å²) < 4.78 is 0. The van der Waals surface area contributed by atoms with Gasteiger partial charge in [0.1, 0.15) is 0 Å². The van der Waals surface area contributed by atoms with Gasteiger partial charge in [-0.1, -0.05) is 17.7 Å². The van der Waals surface area contributed by atoms with E-state index in [0.717, 1.165) is 5.56 Å². The quantitative estimate of drug-likeness (QED) is 0.830. The van der Waals surface area contributed by atoms with Crippen molar-refractivity contribution in [3.63, 3.8) is 0 Å². The van der Waals surface area contributed by atoms with Gasteiger partial charge in [-0.25, -0.2) is 14.8 Å². The van der Waals surface area contributed by atoms with Crippen molar-refractivity contribution in [3.8, 4) is 0 Å². The average Bonchev–Trinajstić information content (AvgIpc) is 2.37. The van der Waals surface area contributed by atoms with Crippen LogP contribution in [-0.4, -0.2) is 16.0 Å². The molecule has 0 aliphatic carbocycles. The molecule has 1 aromatic carbocycles. The molecule has 0 saturated heterocycles. The monoisotopic (exact) mass is 296 g/mol. The van der Waals surface area contributed by atoms with Crippen molar-refractivity contribution in [2.45, 2.75) is 6.92 Å². The van der Waals surface area contributed by atoms with Crippen LogP contribution in [0, 0.1) is 6.92 Å². The number of hydrogen-bond donors (Lipinski definition) is 2. The normalized spacial score (nSPS) is 10.1. The maximum atomic E-state index is 11.8. The fourth-order valence-corrected chi connectivity index (χ4v) is 1.66. The number of urea groups is 1. The summed E-state index contributed by atoms with van der Waals surface area (Å²) in [6, 6.07) is 4.93. The lowest BCUT2D eigenvalue weighted by Crippen LogP contribution is -2.19. The average molecular weight is 297 g/mol. The fourth-order valence-electron chi connectivity index (χ4n) is 1.40. The number of aryl methyl sites for hydroxylation is 1. The molecule has 2 amide bonds. The van der Waals surface area contributed by atoms with Crippen LogP contribution in [0.5, 0.6) is 0 Å². The number of aromatic nitrogens is 2. The summed E-state index contributed by atoms with van der Waals surface area (Å²) in [5.41, 5.74) is 1.97. The van der Waals surface area contributed by atoms with Crippen molar-refractivity contribution in [3.05, 3.63) is 46.5 Å². The van der Waals surface area contributed by atoms with Crippen LogP contribution < -0.4 is 10.6 Å². The van der Waals surface area contributed by atoms with Crippen LogP contribution in [0.2, 0.25) is 10.3 Å². The number of benzene rings is 1. The maximum Gasteiger partial charge on any atom is 0.323 e. The molecule has 2 rings (SSSR count). The number of anilines is 2. The van der Waals surface area contributed by atoms with Gasteiger partial charge in [0.05, 0.1) is 28.8 Å². The zero-order chi connectivity index (χ0) is 13.8. The highest BCUT2D eigenvalue weighted by atomic mass is 35.5. The Morgan fingerprint density at radius 3 is 2.53 bits per heavy atom. The van der Waals surface area contributed by atoms with Gasteiger partial charge in [0.2, 0.25) is 5.28 Å². The summed E-state index contributed by atoms with van der Waals surface area (Å²) in [5, 5.41) is 5.80. The summed E-state index contributed by atoms with van der Waals surface area (Å²) in [7, 11) is 0. The van der Waals surface area contributed by atoms with E-state index >= 15 is 0 Å². The Labute approximate surface area is 120 Å². The second kappa shape index (κ2) is 5.86. The van der Waals surface area contributed by atoms with Gasteiger partial charge in [0, 0.05) is 0 Å². The third-order valence-corrected chi connectivity index (χ3v) is 2.77. The van der Waals surface area contributed by atoms with Crippen molar-refractivity contribution in [2.75, 3.05) is 10.6 Å². The molecule has 1 heterocycles. The third-order valence-electron chi connectivity index (χ3n) is 2.25. The van der Waals surface area contributed by atoms with Crippen molar-refractivity contribution in [2.24, 2.45) is 0 Å². The zero-order valence-corrected chi connectivity index (χ0v) is 11.5. The molecule has 1 aromatic heterocycles. The number of carbonyl (C=O) groups excluding carboxylic acids is 1. The molecule has 2 aromatic rings. The van der Waals surface area contributed by atoms with E-state index in [4.69, 9.17) is 23.2 Å². The predicted octanol–water partition coefficient (Wildman–Crippen LogP) is 3.74. The van der Waals surface area contributed by atoms with E-state index in [2.05, 4.69) is 20.6 Å². The minimum Gasteiger partial charge on any atom is -0.306 e. The number of carbonyl (C=O) groups is 1. The molecular formula is C12H10Cl2N4O. The van der Waals surface area contributed by atoms with Crippen molar-refractivity contribution in [1.82, 2.24) is 9.97 Å². The van der Waals surface area contributed by atoms with Crippen LogP contribution in [0.15, 0.2) is 30.6 Å². The highest BCUT2D eigenvalue weighted by Gasteiger charge is 2.06. The smallest absolute Gasteiger partial charge is 0.306 e. The van der Waals surface area contributed by atoms with Crippen LogP contribution in [0.25, 0.3) is 0 Å². The van der Waals surface area contributed by atoms with Gasteiger partial charge in [-0.05, 0) is 36.2 Å². The Bertz CT molecular complexity index is 601. The van der Waals surface area contributed by atoms with Gasteiger partial charge in [-0.3, -0.25) is 0 Å². The Morgan fingerprint density at radius 2 is 1.84 bits per heavy atom. The Hall–Kier alpha value is -1.85. The van der Waals surface area contributed by atoms with Gasteiger partial charge < -0.3 is 10.6 Å². The first-order valence-corrected chi connectivity index (χ1v) is 6.12. The number of halogens is 2.